The van der Waals surface area contributed by atoms with Crippen molar-refractivity contribution >= 4 is 6.09 Å². The summed E-state index contributed by atoms with van der Waals surface area (Å²) in [5.74, 6) is 0.697. The minimum absolute atomic E-state index is 0.269. The van der Waals surface area contributed by atoms with E-state index in [2.05, 4.69) is 10.2 Å². The number of piperazine rings is 1. The second kappa shape index (κ2) is 5.76. The van der Waals surface area contributed by atoms with Crippen LogP contribution in [0.25, 0.3) is 0 Å². The Morgan fingerprint density at radius 3 is 2.50 bits per heavy atom. The lowest BCUT2D eigenvalue weighted by molar-refractivity contribution is 0.0166. The molecule has 0 spiro atoms. The van der Waals surface area contributed by atoms with E-state index in [-0.39, 0.29) is 12.5 Å². The Labute approximate surface area is 118 Å². The second-order valence-electron chi connectivity index (χ2n) is 5.90. The number of halogens is 1. The van der Waals surface area contributed by atoms with Crippen LogP contribution in [0, 0.1) is 0 Å². The van der Waals surface area contributed by atoms with Crippen LogP contribution in [-0.2, 0) is 4.74 Å². The average molecular weight is 284 g/mol. The molecule has 0 saturated carbocycles. The molecule has 7 heteroatoms. The van der Waals surface area contributed by atoms with Gasteiger partial charge < -0.3 is 14.5 Å². The van der Waals surface area contributed by atoms with E-state index in [4.69, 9.17) is 4.74 Å². The number of carbonyl (C=O) groups excluding carboxylic acids is 1. The first-order chi connectivity index (χ1) is 9.35. The fourth-order valence-electron chi connectivity index (χ4n) is 2.05. The lowest BCUT2D eigenvalue weighted by Gasteiger charge is -2.36. The largest absolute Gasteiger partial charge is 0.444 e. The Bertz CT molecular complexity index is 423. The number of rotatable bonds is 1. The molecule has 0 bridgehead atoms. The molecule has 1 amide bonds. The predicted molar refractivity (Wildman–Crippen MR) is 71.8 cm³/mol. The van der Waals surface area contributed by atoms with Crippen LogP contribution in [0.15, 0.2) is 22.1 Å². The molecular weight excluding hydrogens is 263 g/mol. The number of azo groups is 1. The van der Waals surface area contributed by atoms with Crippen LogP contribution < -0.4 is 0 Å². The van der Waals surface area contributed by atoms with E-state index in [9.17, 15) is 9.18 Å². The van der Waals surface area contributed by atoms with E-state index in [1.54, 1.807) is 11.0 Å². The second-order valence-corrected chi connectivity index (χ2v) is 5.90. The summed E-state index contributed by atoms with van der Waals surface area (Å²) in [6.07, 6.45) is 0.508. The van der Waals surface area contributed by atoms with Crippen molar-refractivity contribution in [3.63, 3.8) is 0 Å². The van der Waals surface area contributed by atoms with Crippen molar-refractivity contribution in [2.75, 3.05) is 26.2 Å². The summed E-state index contributed by atoms with van der Waals surface area (Å²) >= 11 is 0. The van der Waals surface area contributed by atoms with Gasteiger partial charge in [-0.05, 0) is 26.8 Å². The van der Waals surface area contributed by atoms with Gasteiger partial charge >= 0.3 is 6.09 Å². The number of hydrogen-bond donors (Lipinski definition) is 0. The molecule has 0 radical (unpaired) electrons. The molecule has 1 saturated heterocycles. The van der Waals surface area contributed by atoms with Gasteiger partial charge in [0.05, 0.1) is 0 Å². The number of nitrogens with zero attached hydrogens (tertiary/aromatic N) is 4. The summed E-state index contributed by atoms with van der Waals surface area (Å²) in [4.78, 5) is 15.6. The molecule has 0 aromatic heterocycles. The smallest absolute Gasteiger partial charge is 0.410 e. The van der Waals surface area contributed by atoms with Crippen molar-refractivity contribution in [3.05, 3.63) is 11.9 Å². The summed E-state index contributed by atoms with van der Waals surface area (Å²) < 4.78 is 18.2. The molecule has 2 heterocycles. The first kappa shape index (κ1) is 14.7. The van der Waals surface area contributed by atoms with Gasteiger partial charge in [-0.15, -0.1) is 10.2 Å². The van der Waals surface area contributed by atoms with E-state index in [0.717, 1.165) is 0 Å². The third-order valence-electron chi connectivity index (χ3n) is 3.04. The highest BCUT2D eigenvalue weighted by Crippen LogP contribution is 2.19. The van der Waals surface area contributed by atoms with E-state index in [1.165, 1.54) is 0 Å². The summed E-state index contributed by atoms with van der Waals surface area (Å²) in [5.41, 5.74) is -0.482. The molecule has 2 rings (SSSR count). The van der Waals surface area contributed by atoms with Crippen LogP contribution in [0.4, 0.5) is 9.18 Å². The molecule has 0 N–H and O–H groups in total. The number of ether oxygens (including phenoxy) is 1. The molecule has 112 valence electrons. The zero-order valence-electron chi connectivity index (χ0n) is 12.2. The fraction of sp³-hybridized carbons (Fsp3) is 0.769. The van der Waals surface area contributed by atoms with Crippen molar-refractivity contribution in [2.45, 2.75) is 39.1 Å². The van der Waals surface area contributed by atoms with Crippen LogP contribution in [0.2, 0.25) is 0 Å². The van der Waals surface area contributed by atoms with Crippen molar-refractivity contribution in [2.24, 2.45) is 10.2 Å². The van der Waals surface area contributed by atoms with E-state index in [0.29, 0.717) is 32.0 Å². The molecule has 0 aromatic rings. The standard InChI is InChI=1S/C13H21FN4O2/c1-13(2,3)20-12(19)18-8-6-17(7-9-18)11-5-4-10(14)15-16-11/h5,10H,4,6-9H2,1-3H3. The van der Waals surface area contributed by atoms with Crippen LogP contribution in [0.1, 0.15) is 27.2 Å². The Morgan fingerprint density at radius 1 is 1.35 bits per heavy atom. The van der Waals surface area contributed by atoms with Crippen molar-refractivity contribution in [3.8, 4) is 0 Å². The van der Waals surface area contributed by atoms with Crippen LogP contribution in [0.5, 0.6) is 0 Å². The molecule has 2 aliphatic rings. The monoisotopic (exact) mass is 284 g/mol. The third kappa shape index (κ3) is 3.91. The molecule has 20 heavy (non-hydrogen) atoms. The minimum atomic E-state index is -1.22. The number of carbonyl (C=O) groups is 1. The van der Waals surface area contributed by atoms with Gasteiger partial charge in [0.2, 0.25) is 6.30 Å². The van der Waals surface area contributed by atoms with Crippen molar-refractivity contribution in [1.82, 2.24) is 9.80 Å². The first-order valence-corrected chi connectivity index (χ1v) is 6.83. The zero-order chi connectivity index (χ0) is 14.8. The topological polar surface area (TPSA) is 57.5 Å². The summed E-state index contributed by atoms with van der Waals surface area (Å²) in [6.45, 7) is 8.00. The fourth-order valence-corrected chi connectivity index (χ4v) is 2.05. The van der Waals surface area contributed by atoms with Gasteiger partial charge in [-0.3, -0.25) is 0 Å². The lowest BCUT2D eigenvalue weighted by Crippen LogP contribution is -2.49. The molecule has 1 fully saturated rings. The highest BCUT2D eigenvalue weighted by molar-refractivity contribution is 5.68. The Hall–Kier alpha value is -1.66. The Balaban J connectivity index is 1.84. The van der Waals surface area contributed by atoms with Gasteiger partial charge in [-0.2, -0.15) is 0 Å². The molecule has 1 atom stereocenters. The van der Waals surface area contributed by atoms with Gasteiger partial charge in [-0.1, -0.05) is 0 Å². The maximum Gasteiger partial charge on any atom is 0.410 e. The number of alkyl halides is 1. The van der Waals surface area contributed by atoms with Gasteiger partial charge in [0, 0.05) is 32.6 Å². The van der Waals surface area contributed by atoms with Crippen molar-refractivity contribution < 1.29 is 13.9 Å². The third-order valence-corrected chi connectivity index (χ3v) is 3.04. The summed E-state index contributed by atoms with van der Waals surface area (Å²) in [7, 11) is 0. The molecule has 0 aromatic carbocycles. The molecule has 1 unspecified atom stereocenters. The van der Waals surface area contributed by atoms with Gasteiger partial charge in [-0.25, -0.2) is 9.18 Å². The SMILES string of the molecule is CC(C)(C)OC(=O)N1CCN(C2=CCC(F)N=N2)CC1. The molecule has 2 aliphatic heterocycles. The van der Waals surface area contributed by atoms with Gasteiger partial charge in [0.25, 0.3) is 0 Å². The Kier molecular flexibility index (Phi) is 4.25. The molecule has 6 nitrogen and oxygen atoms in total. The number of amides is 1. The van der Waals surface area contributed by atoms with Crippen molar-refractivity contribution in [1.29, 1.82) is 0 Å². The maximum absolute atomic E-state index is 12.9. The van der Waals surface area contributed by atoms with E-state index >= 15 is 0 Å². The minimum Gasteiger partial charge on any atom is -0.444 e. The van der Waals surface area contributed by atoms with Gasteiger partial charge in [0.1, 0.15) is 11.4 Å². The van der Waals surface area contributed by atoms with Crippen LogP contribution in [0.3, 0.4) is 0 Å². The lowest BCUT2D eigenvalue weighted by atomic mass is 10.2. The number of hydrogen-bond acceptors (Lipinski definition) is 5. The molecular formula is C13H21FN4O2. The highest BCUT2D eigenvalue weighted by Gasteiger charge is 2.27. The zero-order valence-corrected chi connectivity index (χ0v) is 12.2. The molecule has 0 aliphatic carbocycles. The summed E-state index contributed by atoms with van der Waals surface area (Å²) in [5, 5.41) is 7.40. The van der Waals surface area contributed by atoms with Gasteiger partial charge in [0.15, 0.2) is 0 Å². The normalized spacial score (nSPS) is 23.6. The van der Waals surface area contributed by atoms with Crippen LogP contribution in [-0.4, -0.2) is 54.0 Å². The average Bonchev–Trinajstić information content (AvgIpc) is 2.38. The summed E-state index contributed by atoms with van der Waals surface area (Å²) in [6, 6.07) is 0. The Morgan fingerprint density at radius 2 is 2.00 bits per heavy atom. The van der Waals surface area contributed by atoms with Crippen LogP contribution >= 0.6 is 0 Å². The quantitative estimate of drug-likeness (QED) is 0.695. The maximum atomic E-state index is 12.9. The highest BCUT2D eigenvalue weighted by atomic mass is 19.1. The first-order valence-electron chi connectivity index (χ1n) is 6.83. The van der Waals surface area contributed by atoms with E-state index in [1.807, 2.05) is 25.7 Å². The van der Waals surface area contributed by atoms with E-state index < -0.39 is 11.9 Å². The predicted octanol–water partition coefficient (Wildman–Crippen LogP) is 2.53.